The van der Waals surface area contributed by atoms with Crippen molar-refractivity contribution >= 4 is 29.1 Å². The zero-order valence-corrected chi connectivity index (χ0v) is 26.2. The van der Waals surface area contributed by atoms with Gasteiger partial charge < -0.3 is 44.6 Å². The Bertz CT molecular complexity index is 1770. The minimum absolute atomic E-state index is 0.0318. The molecule has 5 rings (SSSR count). The maximum Gasteiger partial charge on any atom is 0.270 e. The molecule has 5 N–H and O–H groups in total. The number of amides is 2. The Morgan fingerprint density at radius 1 is 0.915 bits per heavy atom. The van der Waals surface area contributed by atoms with E-state index in [9.17, 15) is 39.5 Å². The lowest BCUT2D eigenvalue weighted by molar-refractivity contribution is -0.0330. The Labute approximate surface area is 275 Å². The Kier molecular flexibility index (Phi) is 10.6. The number of carbonyl (C=O) groups excluding carboxylic acids is 2. The molecular formula is C34H35ClFN3O8. The molecule has 0 fully saturated rings. The fourth-order valence-corrected chi connectivity index (χ4v) is 5.90. The third-order valence-electron chi connectivity index (χ3n) is 8.12. The molecule has 0 bridgehead atoms. The summed E-state index contributed by atoms with van der Waals surface area (Å²) in [6.07, 6.45) is -4.37. The number of hydrogen-bond donors (Lipinski definition) is 5. The molecule has 0 radical (unpaired) electrons. The zero-order chi connectivity index (χ0) is 33.8. The van der Waals surface area contributed by atoms with Crippen LogP contribution in [-0.4, -0.2) is 98.5 Å². The van der Waals surface area contributed by atoms with E-state index in [1.165, 1.54) is 30.2 Å². The first-order valence-electron chi connectivity index (χ1n) is 14.8. The van der Waals surface area contributed by atoms with E-state index in [2.05, 4.69) is 0 Å². The fraction of sp³-hybridized carbons (Fsp3) is 0.294. The minimum Gasteiger partial charge on any atom is -0.496 e. The van der Waals surface area contributed by atoms with Crippen LogP contribution in [0.15, 0.2) is 72.8 Å². The van der Waals surface area contributed by atoms with Crippen molar-refractivity contribution in [2.75, 3.05) is 38.3 Å². The number of halogens is 2. The average molecular weight is 668 g/mol. The number of carbonyl (C=O) groups is 2. The third kappa shape index (κ3) is 7.03. The number of ether oxygens (including phenoxy) is 1. The molecule has 3 aromatic carbocycles. The van der Waals surface area contributed by atoms with Crippen LogP contribution in [0.1, 0.15) is 32.1 Å². The number of hydrogen-bond acceptors (Lipinski definition) is 8. The van der Waals surface area contributed by atoms with E-state index in [-0.39, 0.29) is 47.2 Å². The molecular weight excluding hydrogens is 633 g/mol. The molecule has 47 heavy (non-hydrogen) atoms. The second-order valence-electron chi connectivity index (χ2n) is 11.2. The molecule has 4 aromatic rings. The molecule has 0 aliphatic carbocycles. The number of methoxy groups -OCH3 is 1. The summed E-state index contributed by atoms with van der Waals surface area (Å²) in [5.74, 6) is -1.35. The number of para-hydroxylation sites is 1. The normalized spacial score (nSPS) is 14.4. The van der Waals surface area contributed by atoms with E-state index in [1.54, 1.807) is 53.1 Å². The van der Waals surface area contributed by atoms with Gasteiger partial charge in [0.2, 0.25) is 0 Å². The van der Waals surface area contributed by atoms with Crippen molar-refractivity contribution in [2.45, 2.75) is 31.4 Å². The molecule has 1 aliphatic heterocycles. The van der Waals surface area contributed by atoms with E-state index < -0.39 is 55.7 Å². The Morgan fingerprint density at radius 2 is 1.64 bits per heavy atom. The maximum absolute atomic E-state index is 14.6. The van der Waals surface area contributed by atoms with Gasteiger partial charge in [0.05, 0.1) is 51.2 Å². The molecule has 3 atom stereocenters. The molecule has 0 spiro atoms. The van der Waals surface area contributed by atoms with Gasteiger partial charge in [0.1, 0.15) is 23.4 Å². The summed E-state index contributed by atoms with van der Waals surface area (Å²) in [6, 6.07) is 19.5. The number of aliphatic hydroxyl groups excluding tert-OH is 5. The quantitative estimate of drug-likeness (QED) is 0.164. The van der Waals surface area contributed by atoms with Crippen LogP contribution in [0.2, 0.25) is 5.02 Å². The lowest BCUT2D eigenvalue weighted by Crippen LogP contribution is -2.47. The molecule has 13 heteroatoms. The van der Waals surface area contributed by atoms with Crippen LogP contribution in [0.5, 0.6) is 5.75 Å². The average Bonchev–Trinajstić information content (AvgIpc) is 3.39. The second kappa shape index (κ2) is 14.6. The molecule has 0 saturated heterocycles. The molecule has 248 valence electrons. The highest BCUT2D eigenvalue weighted by Gasteiger charge is 2.32. The van der Waals surface area contributed by atoms with E-state index in [4.69, 9.17) is 16.3 Å². The van der Waals surface area contributed by atoms with Gasteiger partial charge in [-0.1, -0.05) is 48.0 Å². The van der Waals surface area contributed by atoms with Crippen LogP contribution in [0, 0.1) is 5.82 Å². The standard InChI is InChI=1S/C34H35ClFN3O8/c1-47-32-13-24(23-7-3-4-8-27(23)36)26(35)12-25(32)33(45)39-15-21-10-11-29(38(21)14-20-6-2-5-9-28(20)39)34(46)37(16-22(42)18-40)17-30(43)31(44)19-41/h2-13,22,30-31,40-44H,14-19H2,1H3. The Morgan fingerprint density at radius 3 is 2.34 bits per heavy atom. The van der Waals surface area contributed by atoms with Crippen molar-refractivity contribution in [2.24, 2.45) is 0 Å². The summed E-state index contributed by atoms with van der Waals surface area (Å²) in [5, 5.41) is 49.2. The first-order chi connectivity index (χ1) is 22.6. The smallest absolute Gasteiger partial charge is 0.270 e. The van der Waals surface area contributed by atoms with Crippen LogP contribution in [0.3, 0.4) is 0 Å². The first-order valence-corrected chi connectivity index (χ1v) is 15.2. The Hall–Kier alpha value is -4.30. The van der Waals surface area contributed by atoms with Gasteiger partial charge in [-0.15, -0.1) is 0 Å². The van der Waals surface area contributed by atoms with Crippen molar-refractivity contribution in [3.8, 4) is 16.9 Å². The number of nitrogens with zero attached hydrogens (tertiary/aromatic N) is 3. The number of fused-ring (bicyclic) bond motifs is 2. The number of anilines is 1. The van der Waals surface area contributed by atoms with Gasteiger partial charge in [-0.3, -0.25) is 9.59 Å². The monoisotopic (exact) mass is 667 g/mol. The van der Waals surface area contributed by atoms with Crippen LogP contribution in [0.25, 0.3) is 11.1 Å². The summed E-state index contributed by atoms with van der Waals surface area (Å²) in [7, 11) is 1.40. The molecule has 3 unspecified atom stereocenters. The van der Waals surface area contributed by atoms with Crippen molar-refractivity contribution in [1.29, 1.82) is 0 Å². The van der Waals surface area contributed by atoms with Crippen molar-refractivity contribution in [3.05, 3.63) is 106 Å². The number of benzene rings is 3. The highest BCUT2D eigenvalue weighted by molar-refractivity contribution is 6.34. The van der Waals surface area contributed by atoms with Crippen LogP contribution in [-0.2, 0) is 13.1 Å². The zero-order valence-electron chi connectivity index (χ0n) is 25.5. The van der Waals surface area contributed by atoms with Crippen molar-refractivity contribution in [1.82, 2.24) is 9.47 Å². The van der Waals surface area contributed by atoms with E-state index in [0.717, 1.165) is 4.90 Å². The van der Waals surface area contributed by atoms with Gasteiger partial charge >= 0.3 is 0 Å². The predicted molar refractivity (Wildman–Crippen MR) is 172 cm³/mol. The van der Waals surface area contributed by atoms with Crippen LogP contribution >= 0.6 is 11.6 Å². The summed E-state index contributed by atoms with van der Waals surface area (Å²) < 4.78 is 21.9. The van der Waals surface area contributed by atoms with Crippen LogP contribution in [0.4, 0.5) is 10.1 Å². The van der Waals surface area contributed by atoms with Gasteiger partial charge in [0.25, 0.3) is 11.8 Å². The lowest BCUT2D eigenvalue weighted by Gasteiger charge is -2.29. The van der Waals surface area contributed by atoms with Crippen LogP contribution < -0.4 is 9.64 Å². The highest BCUT2D eigenvalue weighted by atomic mass is 35.5. The topological polar surface area (TPSA) is 156 Å². The first kappa shape index (κ1) is 34.0. The van der Waals surface area contributed by atoms with Gasteiger partial charge in [-0.2, -0.15) is 0 Å². The SMILES string of the molecule is COc1cc(-c2ccccc2F)c(Cl)cc1C(=O)N1Cc2ccc(C(=O)N(CC(O)CO)CC(O)C(O)CO)n2Cc2ccccc21. The molecule has 2 amide bonds. The second-order valence-corrected chi connectivity index (χ2v) is 11.6. The van der Waals surface area contributed by atoms with Crippen molar-refractivity contribution in [3.63, 3.8) is 0 Å². The highest BCUT2D eigenvalue weighted by Crippen LogP contribution is 2.38. The van der Waals surface area contributed by atoms with E-state index >= 15 is 0 Å². The summed E-state index contributed by atoms with van der Waals surface area (Å²) in [5.41, 5.74) is 2.80. The van der Waals surface area contributed by atoms with E-state index in [1.807, 2.05) is 6.07 Å². The van der Waals surface area contributed by atoms with E-state index in [0.29, 0.717) is 22.5 Å². The van der Waals surface area contributed by atoms with Gasteiger partial charge in [0, 0.05) is 40.6 Å². The molecule has 1 aliphatic rings. The molecule has 11 nitrogen and oxygen atoms in total. The largest absolute Gasteiger partial charge is 0.496 e. The minimum atomic E-state index is -1.53. The maximum atomic E-state index is 14.6. The number of aliphatic hydroxyl groups is 5. The fourth-order valence-electron chi connectivity index (χ4n) is 5.63. The van der Waals surface area contributed by atoms with Crippen molar-refractivity contribution < 1.29 is 44.2 Å². The molecule has 0 saturated carbocycles. The third-order valence-corrected chi connectivity index (χ3v) is 8.43. The van der Waals surface area contributed by atoms with Gasteiger partial charge in [-0.25, -0.2) is 4.39 Å². The Balaban J connectivity index is 1.53. The summed E-state index contributed by atoms with van der Waals surface area (Å²) in [4.78, 5) is 30.8. The van der Waals surface area contributed by atoms with Gasteiger partial charge in [0.15, 0.2) is 0 Å². The molecule has 2 heterocycles. The summed E-state index contributed by atoms with van der Waals surface area (Å²) >= 11 is 6.62. The lowest BCUT2D eigenvalue weighted by atomic mass is 10.0. The summed E-state index contributed by atoms with van der Waals surface area (Å²) in [6.45, 7) is -1.95. The predicted octanol–water partition coefficient (Wildman–Crippen LogP) is 2.67. The number of rotatable bonds is 11. The number of aromatic nitrogens is 1. The van der Waals surface area contributed by atoms with Gasteiger partial charge in [-0.05, 0) is 42.0 Å². The molecule has 1 aromatic heterocycles.